The van der Waals surface area contributed by atoms with E-state index in [1.54, 1.807) is 12.4 Å². The zero-order valence-electron chi connectivity index (χ0n) is 11.0. The predicted octanol–water partition coefficient (Wildman–Crippen LogP) is 2.72. The van der Waals surface area contributed by atoms with E-state index in [1.807, 2.05) is 36.4 Å². The molecule has 20 heavy (non-hydrogen) atoms. The van der Waals surface area contributed by atoms with Crippen LogP contribution in [0.1, 0.15) is 17.5 Å². The summed E-state index contributed by atoms with van der Waals surface area (Å²) >= 11 is 0. The molecule has 0 saturated heterocycles. The molecule has 0 bridgehead atoms. The highest BCUT2D eigenvalue weighted by Crippen LogP contribution is 2.11. The van der Waals surface area contributed by atoms with Crippen LogP contribution >= 0.6 is 0 Å². The summed E-state index contributed by atoms with van der Waals surface area (Å²) < 4.78 is 0. The van der Waals surface area contributed by atoms with E-state index < -0.39 is 0 Å². The first kappa shape index (κ1) is 13.8. The number of nitrogens with one attached hydrogen (secondary N) is 1. The van der Waals surface area contributed by atoms with Gasteiger partial charge in [0, 0.05) is 24.5 Å². The second-order valence-electron chi connectivity index (χ2n) is 4.44. The molecule has 0 aliphatic carbocycles. The predicted molar refractivity (Wildman–Crippen MR) is 76.9 cm³/mol. The quantitative estimate of drug-likeness (QED) is 0.904. The van der Waals surface area contributed by atoms with E-state index in [1.165, 1.54) is 0 Å². The molecule has 1 aromatic heterocycles. The van der Waals surface area contributed by atoms with Gasteiger partial charge >= 0.3 is 0 Å². The van der Waals surface area contributed by atoms with Gasteiger partial charge < -0.3 is 5.32 Å². The van der Waals surface area contributed by atoms with Crippen molar-refractivity contribution in [2.45, 2.75) is 19.3 Å². The molecule has 0 radical (unpaired) electrons. The number of nitriles is 1. The Morgan fingerprint density at radius 1 is 1.20 bits per heavy atom. The summed E-state index contributed by atoms with van der Waals surface area (Å²) in [7, 11) is 0. The Hall–Kier alpha value is -2.67. The normalized spacial score (nSPS) is 9.75. The standard InChI is InChI=1S/C16H15N3O/c17-10-9-13-3-6-15(7-4-13)19-16(20)8-5-14-2-1-11-18-12-14/h1-4,6-7,11-12H,5,8-9H2,(H,19,20). The van der Waals surface area contributed by atoms with Crippen LogP contribution in [0.3, 0.4) is 0 Å². The van der Waals surface area contributed by atoms with Crippen LogP contribution in [0.25, 0.3) is 0 Å². The van der Waals surface area contributed by atoms with Crippen LogP contribution in [0.15, 0.2) is 48.8 Å². The Balaban J connectivity index is 1.84. The Morgan fingerprint density at radius 2 is 2.00 bits per heavy atom. The van der Waals surface area contributed by atoms with Crippen molar-refractivity contribution in [2.75, 3.05) is 5.32 Å². The first-order chi connectivity index (χ1) is 9.78. The molecular formula is C16H15N3O. The number of carbonyl (C=O) groups is 1. The summed E-state index contributed by atoms with van der Waals surface area (Å²) in [6.07, 6.45) is 4.96. The zero-order valence-corrected chi connectivity index (χ0v) is 11.0. The smallest absolute Gasteiger partial charge is 0.224 e. The molecular weight excluding hydrogens is 250 g/mol. The van der Waals surface area contributed by atoms with Gasteiger partial charge in [-0.15, -0.1) is 0 Å². The topological polar surface area (TPSA) is 65.8 Å². The number of nitrogens with zero attached hydrogens (tertiary/aromatic N) is 2. The highest BCUT2D eigenvalue weighted by atomic mass is 16.1. The second-order valence-corrected chi connectivity index (χ2v) is 4.44. The van der Waals surface area contributed by atoms with Gasteiger partial charge in [0.15, 0.2) is 0 Å². The van der Waals surface area contributed by atoms with E-state index in [0.717, 1.165) is 16.8 Å². The third-order valence-electron chi connectivity index (χ3n) is 2.88. The van der Waals surface area contributed by atoms with Gasteiger partial charge in [-0.1, -0.05) is 18.2 Å². The Bertz CT molecular complexity index is 600. The molecule has 4 heteroatoms. The minimum atomic E-state index is -0.0260. The maximum Gasteiger partial charge on any atom is 0.224 e. The van der Waals surface area contributed by atoms with Crippen LogP contribution in [0, 0.1) is 11.3 Å². The number of hydrogen-bond acceptors (Lipinski definition) is 3. The molecule has 0 aliphatic rings. The number of anilines is 1. The van der Waals surface area contributed by atoms with Crippen LogP contribution in [-0.2, 0) is 17.6 Å². The molecule has 0 spiro atoms. The Labute approximate surface area is 118 Å². The summed E-state index contributed by atoms with van der Waals surface area (Å²) in [5.74, 6) is -0.0260. The zero-order chi connectivity index (χ0) is 14.2. The number of amides is 1. The molecule has 0 atom stereocenters. The lowest BCUT2D eigenvalue weighted by atomic mass is 10.1. The second kappa shape index (κ2) is 7.05. The maximum absolute atomic E-state index is 11.8. The molecule has 1 N–H and O–H groups in total. The van der Waals surface area contributed by atoms with Crippen LogP contribution in [-0.4, -0.2) is 10.9 Å². The summed E-state index contributed by atoms with van der Waals surface area (Å²) in [4.78, 5) is 15.8. The van der Waals surface area contributed by atoms with Crippen LogP contribution in [0.2, 0.25) is 0 Å². The van der Waals surface area contributed by atoms with Gasteiger partial charge in [0.1, 0.15) is 0 Å². The highest BCUT2D eigenvalue weighted by Gasteiger charge is 2.03. The highest BCUT2D eigenvalue weighted by molar-refractivity contribution is 5.90. The fourth-order valence-corrected chi connectivity index (χ4v) is 1.82. The fourth-order valence-electron chi connectivity index (χ4n) is 1.82. The summed E-state index contributed by atoms with van der Waals surface area (Å²) in [5.41, 5.74) is 2.75. The molecule has 2 rings (SSSR count). The van der Waals surface area contributed by atoms with Crippen molar-refractivity contribution < 1.29 is 4.79 Å². The molecule has 0 aliphatic heterocycles. The van der Waals surface area contributed by atoms with Crippen molar-refractivity contribution in [3.8, 4) is 6.07 Å². The molecule has 1 amide bonds. The van der Waals surface area contributed by atoms with Crippen molar-refractivity contribution >= 4 is 11.6 Å². The molecule has 0 unspecified atom stereocenters. The monoisotopic (exact) mass is 265 g/mol. The van der Waals surface area contributed by atoms with Crippen molar-refractivity contribution in [3.63, 3.8) is 0 Å². The van der Waals surface area contributed by atoms with Gasteiger partial charge in [0.2, 0.25) is 5.91 Å². The van der Waals surface area contributed by atoms with Gasteiger partial charge in [0.05, 0.1) is 12.5 Å². The summed E-state index contributed by atoms with van der Waals surface area (Å²) in [5, 5.41) is 11.4. The Kier molecular flexibility index (Phi) is 4.85. The number of carbonyl (C=O) groups excluding carboxylic acids is 1. The molecule has 1 aromatic carbocycles. The lowest BCUT2D eigenvalue weighted by Gasteiger charge is -2.05. The van der Waals surface area contributed by atoms with Gasteiger partial charge in [-0.05, 0) is 35.7 Å². The number of aromatic nitrogens is 1. The fraction of sp³-hybridized carbons (Fsp3) is 0.188. The minimum absolute atomic E-state index is 0.0260. The SMILES string of the molecule is N#CCc1ccc(NC(=O)CCc2cccnc2)cc1. The molecule has 2 aromatic rings. The molecule has 0 saturated carbocycles. The lowest BCUT2D eigenvalue weighted by molar-refractivity contribution is -0.116. The van der Waals surface area contributed by atoms with E-state index >= 15 is 0 Å². The Morgan fingerprint density at radius 3 is 2.65 bits per heavy atom. The molecule has 100 valence electrons. The van der Waals surface area contributed by atoms with E-state index in [-0.39, 0.29) is 5.91 Å². The van der Waals surface area contributed by atoms with Crippen molar-refractivity contribution in [2.24, 2.45) is 0 Å². The van der Waals surface area contributed by atoms with E-state index in [2.05, 4.69) is 16.4 Å². The number of pyridine rings is 1. The number of hydrogen-bond donors (Lipinski definition) is 1. The lowest BCUT2D eigenvalue weighted by Crippen LogP contribution is -2.12. The average Bonchev–Trinajstić information content (AvgIpc) is 2.49. The van der Waals surface area contributed by atoms with Gasteiger partial charge in [0.25, 0.3) is 0 Å². The van der Waals surface area contributed by atoms with Crippen molar-refractivity contribution in [1.82, 2.24) is 4.98 Å². The van der Waals surface area contributed by atoms with Gasteiger partial charge in [-0.3, -0.25) is 9.78 Å². The number of aryl methyl sites for hydroxylation is 1. The van der Waals surface area contributed by atoms with E-state index in [4.69, 9.17) is 5.26 Å². The van der Waals surface area contributed by atoms with E-state index in [9.17, 15) is 4.79 Å². The third kappa shape index (κ3) is 4.21. The summed E-state index contributed by atoms with van der Waals surface area (Å²) in [6.45, 7) is 0. The third-order valence-corrected chi connectivity index (χ3v) is 2.88. The van der Waals surface area contributed by atoms with E-state index in [0.29, 0.717) is 19.3 Å². The van der Waals surface area contributed by atoms with Crippen molar-refractivity contribution in [1.29, 1.82) is 5.26 Å². The van der Waals surface area contributed by atoms with Crippen LogP contribution in [0.4, 0.5) is 5.69 Å². The van der Waals surface area contributed by atoms with Crippen molar-refractivity contribution in [3.05, 3.63) is 59.9 Å². The van der Waals surface area contributed by atoms with Gasteiger partial charge in [-0.25, -0.2) is 0 Å². The first-order valence-electron chi connectivity index (χ1n) is 6.42. The average molecular weight is 265 g/mol. The minimum Gasteiger partial charge on any atom is -0.326 e. The number of benzene rings is 1. The van der Waals surface area contributed by atoms with Crippen LogP contribution < -0.4 is 5.32 Å². The molecule has 1 heterocycles. The molecule has 0 fully saturated rings. The van der Waals surface area contributed by atoms with Gasteiger partial charge in [-0.2, -0.15) is 5.26 Å². The largest absolute Gasteiger partial charge is 0.326 e. The molecule has 4 nitrogen and oxygen atoms in total. The summed E-state index contributed by atoms with van der Waals surface area (Å²) in [6, 6.07) is 13.2. The van der Waals surface area contributed by atoms with Crippen LogP contribution in [0.5, 0.6) is 0 Å². The number of rotatable bonds is 5. The maximum atomic E-state index is 11.8. The first-order valence-corrected chi connectivity index (χ1v) is 6.42.